The largest absolute Gasteiger partial charge is 0.379 e. The van der Waals surface area contributed by atoms with Crippen molar-refractivity contribution in [3.63, 3.8) is 0 Å². The van der Waals surface area contributed by atoms with Crippen molar-refractivity contribution in [3.05, 3.63) is 53.6 Å². The van der Waals surface area contributed by atoms with Crippen LogP contribution in [0, 0.1) is 13.8 Å². The molecule has 1 aliphatic heterocycles. The number of aromatic nitrogens is 1. The molecule has 0 unspecified atom stereocenters. The number of carbonyl (C=O) groups excluding carboxylic acids is 1. The molecular weight excluding hydrogens is 474 g/mol. The summed E-state index contributed by atoms with van der Waals surface area (Å²) in [5.41, 5.74) is 3.42. The first-order valence-electron chi connectivity index (χ1n) is 11.3. The molecule has 178 valence electrons. The van der Waals surface area contributed by atoms with E-state index in [-0.39, 0.29) is 18.3 Å². The summed E-state index contributed by atoms with van der Waals surface area (Å²) in [6.07, 6.45) is 1.44. The summed E-state index contributed by atoms with van der Waals surface area (Å²) in [7, 11) is 0. The van der Waals surface area contributed by atoms with Crippen LogP contribution in [-0.4, -0.2) is 60.9 Å². The van der Waals surface area contributed by atoms with Crippen molar-refractivity contribution in [2.75, 3.05) is 50.0 Å². The molecule has 0 aliphatic carbocycles. The SMILES string of the molecule is Cc1cc(C)c2sc(N(CCCN3CCOCC3)C(=O)CCSc3ccccc3)nc2c1.Cl. The van der Waals surface area contributed by atoms with Gasteiger partial charge in [0, 0.05) is 43.2 Å². The predicted molar refractivity (Wildman–Crippen MR) is 142 cm³/mol. The van der Waals surface area contributed by atoms with Crippen LogP contribution in [0.1, 0.15) is 24.0 Å². The molecule has 1 fully saturated rings. The lowest BCUT2D eigenvalue weighted by Crippen LogP contribution is -2.39. The van der Waals surface area contributed by atoms with Crippen LogP contribution in [0.5, 0.6) is 0 Å². The van der Waals surface area contributed by atoms with E-state index in [1.807, 2.05) is 23.1 Å². The Morgan fingerprint density at radius 3 is 2.70 bits per heavy atom. The van der Waals surface area contributed by atoms with Gasteiger partial charge in [0.1, 0.15) is 0 Å². The van der Waals surface area contributed by atoms with Crippen molar-refractivity contribution < 1.29 is 9.53 Å². The fraction of sp³-hybridized carbons (Fsp3) is 0.440. The third kappa shape index (κ3) is 7.17. The average Bonchev–Trinajstić information content (AvgIpc) is 3.22. The number of morpholine rings is 1. The molecule has 1 aliphatic rings. The second-order valence-electron chi connectivity index (χ2n) is 8.19. The molecule has 5 nitrogen and oxygen atoms in total. The Morgan fingerprint density at radius 1 is 1.18 bits per heavy atom. The predicted octanol–water partition coefficient (Wildman–Crippen LogP) is 5.57. The van der Waals surface area contributed by atoms with Crippen molar-refractivity contribution >= 4 is 56.8 Å². The van der Waals surface area contributed by atoms with Crippen molar-refractivity contribution in [1.82, 2.24) is 9.88 Å². The highest BCUT2D eigenvalue weighted by Crippen LogP contribution is 2.33. The number of hydrogen-bond acceptors (Lipinski definition) is 6. The Bertz CT molecular complexity index is 1040. The van der Waals surface area contributed by atoms with Crippen LogP contribution in [0.25, 0.3) is 10.2 Å². The Morgan fingerprint density at radius 2 is 1.94 bits per heavy atom. The molecule has 0 bridgehead atoms. The van der Waals surface area contributed by atoms with E-state index in [1.165, 1.54) is 20.7 Å². The number of ether oxygens (including phenoxy) is 1. The zero-order chi connectivity index (χ0) is 22.3. The zero-order valence-electron chi connectivity index (χ0n) is 19.3. The van der Waals surface area contributed by atoms with Crippen LogP contribution in [0.3, 0.4) is 0 Å². The quantitative estimate of drug-likeness (QED) is 0.355. The lowest BCUT2D eigenvalue weighted by molar-refractivity contribution is -0.118. The van der Waals surface area contributed by atoms with Gasteiger partial charge in [-0.1, -0.05) is 35.6 Å². The molecule has 2 aromatic carbocycles. The van der Waals surface area contributed by atoms with Gasteiger partial charge < -0.3 is 4.74 Å². The minimum absolute atomic E-state index is 0. The minimum Gasteiger partial charge on any atom is -0.379 e. The third-order valence-corrected chi connectivity index (χ3v) is 7.87. The zero-order valence-corrected chi connectivity index (χ0v) is 21.7. The van der Waals surface area contributed by atoms with Crippen molar-refractivity contribution in [2.45, 2.75) is 31.6 Å². The topological polar surface area (TPSA) is 45.7 Å². The maximum Gasteiger partial charge on any atom is 0.229 e. The van der Waals surface area contributed by atoms with Gasteiger partial charge in [0.25, 0.3) is 0 Å². The molecule has 8 heteroatoms. The van der Waals surface area contributed by atoms with Gasteiger partial charge in [-0.05, 0) is 49.6 Å². The highest BCUT2D eigenvalue weighted by atomic mass is 35.5. The second kappa shape index (κ2) is 12.7. The van der Waals surface area contributed by atoms with Gasteiger partial charge in [-0.25, -0.2) is 4.98 Å². The number of fused-ring (bicyclic) bond motifs is 1. The number of hydrogen-bond donors (Lipinski definition) is 0. The van der Waals surface area contributed by atoms with Gasteiger partial charge in [0.15, 0.2) is 5.13 Å². The van der Waals surface area contributed by atoms with E-state index in [2.05, 4.69) is 43.0 Å². The Hall–Kier alpha value is -1.64. The molecule has 3 aromatic rings. The fourth-order valence-corrected chi connectivity index (χ4v) is 5.91. The number of rotatable bonds is 9. The molecule has 0 spiro atoms. The van der Waals surface area contributed by atoms with Crippen LogP contribution in [0.2, 0.25) is 0 Å². The Labute approximate surface area is 210 Å². The third-order valence-electron chi connectivity index (χ3n) is 5.63. The normalized spacial score (nSPS) is 14.2. The van der Waals surface area contributed by atoms with Gasteiger partial charge in [-0.15, -0.1) is 24.2 Å². The van der Waals surface area contributed by atoms with E-state index >= 15 is 0 Å². The molecular formula is C25H32ClN3O2S2. The van der Waals surface area contributed by atoms with Gasteiger partial charge in [0.2, 0.25) is 5.91 Å². The lowest BCUT2D eigenvalue weighted by Gasteiger charge is -2.27. The first kappa shape index (κ1) is 26.0. The Balaban J connectivity index is 0.00000306. The van der Waals surface area contributed by atoms with Crippen LogP contribution in [0.4, 0.5) is 5.13 Å². The summed E-state index contributed by atoms with van der Waals surface area (Å²) < 4.78 is 6.63. The summed E-state index contributed by atoms with van der Waals surface area (Å²) in [6.45, 7) is 9.45. The highest BCUT2D eigenvalue weighted by Gasteiger charge is 2.21. The van der Waals surface area contributed by atoms with E-state index < -0.39 is 0 Å². The van der Waals surface area contributed by atoms with Gasteiger partial charge in [-0.2, -0.15) is 0 Å². The number of thiazole rings is 1. The molecule has 1 aromatic heterocycles. The number of amides is 1. The summed E-state index contributed by atoms with van der Waals surface area (Å²) in [5, 5.41) is 0.824. The molecule has 1 saturated heterocycles. The summed E-state index contributed by atoms with van der Waals surface area (Å²) in [6, 6.07) is 14.6. The number of benzene rings is 2. The summed E-state index contributed by atoms with van der Waals surface area (Å²) in [5.74, 6) is 0.926. The number of thioether (sulfide) groups is 1. The molecule has 4 rings (SSSR count). The van der Waals surface area contributed by atoms with Crippen LogP contribution < -0.4 is 4.90 Å². The van der Waals surface area contributed by atoms with Gasteiger partial charge in [0.05, 0.1) is 23.4 Å². The van der Waals surface area contributed by atoms with E-state index in [0.29, 0.717) is 13.0 Å². The molecule has 1 amide bonds. The number of carbonyl (C=O) groups is 1. The van der Waals surface area contributed by atoms with E-state index in [9.17, 15) is 4.79 Å². The first-order chi connectivity index (χ1) is 15.6. The average molecular weight is 506 g/mol. The Kier molecular flexibility index (Phi) is 10.0. The first-order valence-corrected chi connectivity index (χ1v) is 13.1. The van der Waals surface area contributed by atoms with E-state index in [4.69, 9.17) is 9.72 Å². The van der Waals surface area contributed by atoms with Crippen LogP contribution in [-0.2, 0) is 9.53 Å². The highest BCUT2D eigenvalue weighted by molar-refractivity contribution is 7.99. The maximum absolute atomic E-state index is 13.3. The number of anilines is 1. The standard InChI is InChI=1S/C25H31N3O2S2.ClH/c1-19-17-20(2)24-22(18-19)26-25(32-24)28(11-6-10-27-12-14-30-15-13-27)23(29)9-16-31-21-7-4-3-5-8-21;/h3-5,7-8,17-18H,6,9-16H2,1-2H3;1H. The lowest BCUT2D eigenvalue weighted by atomic mass is 10.1. The number of halogens is 1. The van der Waals surface area contributed by atoms with Gasteiger partial charge >= 0.3 is 0 Å². The van der Waals surface area contributed by atoms with Crippen LogP contribution in [0.15, 0.2) is 47.4 Å². The van der Waals surface area contributed by atoms with Crippen molar-refractivity contribution in [3.8, 4) is 0 Å². The molecule has 2 heterocycles. The molecule has 0 saturated carbocycles. The fourth-order valence-electron chi connectivity index (χ4n) is 3.99. The van der Waals surface area contributed by atoms with Crippen molar-refractivity contribution in [2.24, 2.45) is 0 Å². The second-order valence-corrected chi connectivity index (χ2v) is 10.3. The van der Waals surface area contributed by atoms with Crippen LogP contribution >= 0.6 is 35.5 Å². The minimum atomic E-state index is 0. The molecule has 0 radical (unpaired) electrons. The molecule has 0 atom stereocenters. The van der Waals surface area contributed by atoms with E-state index in [0.717, 1.165) is 55.7 Å². The molecule has 0 N–H and O–H groups in total. The van der Waals surface area contributed by atoms with E-state index in [1.54, 1.807) is 23.1 Å². The van der Waals surface area contributed by atoms with Gasteiger partial charge in [-0.3, -0.25) is 14.6 Å². The number of nitrogens with zero attached hydrogens (tertiary/aromatic N) is 3. The smallest absolute Gasteiger partial charge is 0.229 e. The monoisotopic (exact) mass is 505 g/mol. The molecule has 33 heavy (non-hydrogen) atoms. The van der Waals surface area contributed by atoms with Crippen molar-refractivity contribution in [1.29, 1.82) is 0 Å². The summed E-state index contributed by atoms with van der Waals surface area (Å²) in [4.78, 5) is 23.7. The summed E-state index contributed by atoms with van der Waals surface area (Å²) >= 11 is 3.37. The maximum atomic E-state index is 13.3. The number of aryl methyl sites for hydroxylation is 2.